The first kappa shape index (κ1) is 18.3. The van der Waals surface area contributed by atoms with Crippen LogP contribution in [0.15, 0.2) is 60.0 Å². The number of aryl methyl sites for hydroxylation is 1. The highest BCUT2D eigenvalue weighted by Gasteiger charge is 2.17. The number of carbonyl (C=O) groups is 1. The second-order valence-corrected chi connectivity index (χ2v) is 7.80. The summed E-state index contributed by atoms with van der Waals surface area (Å²) >= 11 is 2.65. The van der Waals surface area contributed by atoms with Gasteiger partial charge in [0, 0.05) is 23.6 Å². The number of nitrogens with zero attached hydrogens (tertiary/aromatic N) is 6. The van der Waals surface area contributed by atoms with Crippen LogP contribution < -0.4 is 5.32 Å². The van der Waals surface area contributed by atoms with Gasteiger partial charge in [-0.3, -0.25) is 19.7 Å². The van der Waals surface area contributed by atoms with Crippen molar-refractivity contribution in [2.24, 2.45) is 0 Å². The molecule has 0 saturated heterocycles. The number of amides is 1. The van der Waals surface area contributed by atoms with Gasteiger partial charge in [-0.05, 0) is 31.2 Å². The fourth-order valence-corrected chi connectivity index (χ4v) is 3.85. The Kier molecular flexibility index (Phi) is 5.40. The Morgan fingerprint density at radius 1 is 1.07 bits per heavy atom. The molecular weight excluding hydrogens is 394 g/mol. The molecule has 4 rings (SSSR count). The largest absolute Gasteiger partial charge is 0.300 e. The van der Waals surface area contributed by atoms with Gasteiger partial charge in [0.05, 0.1) is 5.75 Å². The maximum atomic E-state index is 12.3. The first-order valence-corrected chi connectivity index (χ1v) is 10.1. The van der Waals surface area contributed by atoms with Gasteiger partial charge in [0.15, 0.2) is 11.0 Å². The Balaban J connectivity index is 1.58. The number of anilines is 1. The number of rotatable bonds is 6. The van der Waals surface area contributed by atoms with E-state index in [1.54, 1.807) is 12.4 Å². The topological polar surface area (TPSA) is 98.5 Å². The number of para-hydroxylation sites is 1. The van der Waals surface area contributed by atoms with E-state index in [0.717, 1.165) is 16.3 Å². The molecule has 0 aliphatic carbocycles. The summed E-state index contributed by atoms with van der Waals surface area (Å²) in [6.45, 7) is 1.84. The minimum absolute atomic E-state index is 0.172. The molecule has 3 heterocycles. The Labute approximate surface area is 169 Å². The molecule has 1 N–H and O–H groups in total. The third-order valence-electron chi connectivity index (χ3n) is 3.69. The van der Waals surface area contributed by atoms with E-state index in [1.165, 1.54) is 23.1 Å². The molecule has 0 spiro atoms. The van der Waals surface area contributed by atoms with Gasteiger partial charge in [-0.2, -0.15) is 0 Å². The lowest BCUT2D eigenvalue weighted by molar-refractivity contribution is -0.113. The van der Waals surface area contributed by atoms with Crippen molar-refractivity contribution >= 4 is 34.1 Å². The van der Waals surface area contributed by atoms with E-state index in [9.17, 15) is 4.79 Å². The van der Waals surface area contributed by atoms with Gasteiger partial charge >= 0.3 is 0 Å². The minimum atomic E-state index is -0.172. The quantitative estimate of drug-likeness (QED) is 0.488. The normalized spacial score (nSPS) is 10.8. The van der Waals surface area contributed by atoms with Crippen molar-refractivity contribution in [3.8, 4) is 17.1 Å². The Hall–Kier alpha value is -3.11. The molecule has 0 atom stereocenters. The number of hydrogen-bond acceptors (Lipinski definition) is 8. The van der Waals surface area contributed by atoms with Crippen LogP contribution in [0.1, 0.15) is 5.01 Å². The average Bonchev–Trinajstić information content (AvgIpc) is 3.33. The predicted molar refractivity (Wildman–Crippen MR) is 109 cm³/mol. The minimum Gasteiger partial charge on any atom is -0.300 e. The zero-order valence-corrected chi connectivity index (χ0v) is 16.4. The molecular formula is C18H15N7OS2. The molecule has 3 aromatic heterocycles. The summed E-state index contributed by atoms with van der Waals surface area (Å²) < 4.78 is 1.93. The summed E-state index contributed by atoms with van der Waals surface area (Å²) in [6.07, 6.45) is 3.42. The summed E-state index contributed by atoms with van der Waals surface area (Å²) in [6, 6.07) is 13.6. The molecule has 0 fully saturated rings. The highest BCUT2D eigenvalue weighted by atomic mass is 32.2. The zero-order chi connectivity index (χ0) is 19.3. The van der Waals surface area contributed by atoms with Crippen LogP contribution in [0.5, 0.6) is 0 Å². The summed E-state index contributed by atoms with van der Waals surface area (Å²) in [5.41, 5.74) is 1.81. The van der Waals surface area contributed by atoms with Gasteiger partial charge in [-0.25, -0.2) is 0 Å². The predicted octanol–water partition coefficient (Wildman–Crippen LogP) is 3.22. The van der Waals surface area contributed by atoms with Crippen LogP contribution in [0.25, 0.3) is 17.1 Å². The fraction of sp³-hybridized carbons (Fsp3) is 0.111. The van der Waals surface area contributed by atoms with Crippen molar-refractivity contribution in [2.45, 2.75) is 12.1 Å². The van der Waals surface area contributed by atoms with Crippen LogP contribution in [0, 0.1) is 6.92 Å². The van der Waals surface area contributed by atoms with Crippen molar-refractivity contribution in [1.82, 2.24) is 29.9 Å². The average molecular weight is 410 g/mol. The Morgan fingerprint density at radius 2 is 1.86 bits per heavy atom. The SMILES string of the molecule is Cc1nnc(NC(=O)CSc2nnc(-c3ccncc3)n2-c2ccccc2)s1. The fourth-order valence-electron chi connectivity index (χ4n) is 2.49. The summed E-state index contributed by atoms with van der Waals surface area (Å²) in [5.74, 6) is 0.699. The summed E-state index contributed by atoms with van der Waals surface area (Å²) in [7, 11) is 0. The van der Waals surface area contributed by atoms with Crippen LogP contribution in [-0.2, 0) is 4.79 Å². The molecule has 0 bridgehead atoms. The van der Waals surface area contributed by atoms with Gasteiger partial charge in [0.25, 0.3) is 0 Å². The van der Waals surface area contributed by atoms with Crippen LogP contribution in [-0.4, -0.2) is 41.6 Å². The smallest absolute Gasteiger partial charge is 0.236 e. The molecule has 0 aliphatic heterocycles. The molecule has 4 aromatic rings. The Morgan fingerprint density at radius 3 is 2.57 bits per heavy atom. The molecule has 0 aliphatic rings. The number of carbonyl (C=O) groups excluding carboxylic acids is 1. The molecule has 1 amide bonds. The monoisotopic (exact) mass is 409 g/mol. The lowest BCUT2D eigenvalue weighted by Gasteiger charge is -2.10. The van der Waals surface area contributed by atoms with Gasteiger partial charge in [0.2, 0.25) is 11.0 Å². The molecule has 0 radical (unpaired) electrons. The van der Waals surface area contributed by atoms with Gasteiger partial charge in [0.1, 0.15) is 5.01 Å². The van der Waals surface area contributed by atoms with Crippen LogP contribution in [0.3, 0.4) is 0 Å². The first-order valence-electron chi connectivity index (χ1n) is 8.35. The molecule has 1 aromatic carbocycles. The van der Waals surface area contributed by atoms with Crippen molar-refractivity contribution in [1.29, 1.82) is 0 Å². The molecule has 10 heteroatoms. The summed E-state index contributed by atoms with van der Waals surface area (Å²) in [5, 5.41) is 21.1. The second-order valence-electron chi connectivity index (χ2n) is 5.68. The van der Waals surface area contributed by atoms with E-state index in [1.807, 2.05) is 54.0 Å². The van der Waals surface area contributed by atoms with E-state index >= 15 is 0 Å². The van der Waals surface area contributed by atoms with Crippen molar-refractivity contribution < 1.29 is 4.79 Å². The van der Waals surface area contributed by atoms with Crippen LogP contribution >= 0.6 is 23.1 Å². The highest BCUT2D eigenvalue weighted by Crippen LogP contribution is 2.27. The van der Waals surface area contributed by atoms with E-state index in [2.05, 4.69) is 30.7 Å². The van der Waals surface area contributed by atoms with Crippen LogP contribution in [0.4, 0.5) is 5.13 Å². The number of aromatic nitrogens is 6. The number of nitrogens with one attached hydrogen (secondary N) is 1. The first-order chi connectivity index (χ1) is 13.7. The molecule has 8 nitrogen and oxygen atoms in total. The number of hydrogen-bond donors (Lipinski definition) is 1. The highest BCUT2D eigenvalue weighted by molar-refractivity contribution is 7.99. The molecule has 0 saturated carbocycles. The Bertz CT molecular complexity index is 1080. The van der Waals surface area contributed by atoms with Gasteiger partial charge < -0.3 is 0 Å². The second kappa shape index (κ2) is 8.28. The molecule has 140 valence electrons. The maximum absolute atomic E-state index is 12.3. The van der Waals surface area contributed by atoms with Crippen molar-refractivity contribution in [3.63, 3.8) is 0 Å². The third kappa shape index (κ3) is 4.07. The number of pyridine rings is 1. The molecule has 28 heavy (non-hydrogen) atoms. The van der Waals surface area contributed by atoms with Gasteiger partial charge in [-0.15, -0.1) is 20.4 Å². The van der Waals surface area contributed by atoms with E-state index in [0.29, 0.717) is 16.1 Å². The van der Waals surface area contributed by atoms with Crippen molar-refractivity contribution in [3.05, 3.63) is 59.9 Å². The summed E-state index contributed by atoms with van der Waals surface area (Å²) in [4.78, 5) is 16.3. The van der Waals surface area contributed by atoms with E-state index in [4.69, 9.17) is 0 Å². The lowest BCUT2D eigenvalue weighted by Crippen LogP contribution is -2.14. The van der Waals surface area contributed by atoms with Crippen LogP contribution in [0.2, 0.25) is 0 Å². The maximum Gasteiger partial charge on any atom is 0.236 e. The lowest BCUT2D eigenvalue weighted by atomic mass is 10.2. The number of thioether (sulfide) groups is 1. The van der Waals surface area contributed by atoms with Crippen molar-refractivity contribution in [2.75, 3.05) is 11.1 Å². The van der Waals surface area contributed by atoms with Gasteiger partial charge in [-0.1, -0.05) is 41.3 Å². The molecule has 0 unspecified atom stereocenters. The standard InChI is InChI=1S/C18H15N7OS2/c1-12-21-23-17(28-12)20-15(26)11-27-18-24-22-16(13-7-9-19-10-8-13)25(18)14-5-3-2-4-6-14/h2-10H,11H2,1H3,(H,20,23,26). The zero-order valence-electron chi connectivity index (χ0n) is 14.8. The van der Waals surface area contributed by atoms with E-state index in [-0.39, 0.29) is 11.7 Å². The van der Waals surface area contributed by atoms with E-state index < -0.39 is 0 Å². The number of benzene rings is 1. The third-order valence-corrected chi connectivity index (χ3v) is 5.37.